The topological polar surface area (TPSA) is 96.0 Å². The number of nitriles is 1. The van der Waals surface area contributed by atoms with Crippen molar-refractivity contribution in [1.82, 2.24) is 5.32 Å². The van der Waals surface area contributed by atoms with Crippen LogP contribution in [0.15, 0.2) is 0 Å². The largest absolute Gasteiger partial charge is 0.321 e. The van der Waals surface area contributed by atoms with Gasteiger partial charge in [-0.05, 0) is 26.7 Å². The number of ketones is 1. The molecule has 0 aromatic heterocycles. The van der Waals surface area contributed by atoms with E-state index in [1.807, 2.05) is 0 Å². The van der Waals surface area contributed by atoms with E-state index >= 15 is 0 Å². The Kier molecular flexibility index (Phi) is 4.81. The van der Waals surface area contributed by atoms with E-state index in [0.717, 1.165) is 0 Å². The Morgan fingerprint density at radius 3 is 2.28 bits per heavy atom. The molecule has 10 heteroatoms. The monoisotopic (exact) mass is 359 g/mol. The van der Waals surface area contributed by atoms with E-state index in [9.17, 15) is 37.7 Å². The second-order valence-corrected chi connectivity index (χ2v) is 6.38. The van der Waals surface area contributed by atoms with E-state index in [1.165, 1.54) is 0 Å². The number of nitrogens with zero attached hydrogens (tertiary/aromatic N) is 2. The van der Waals surface area contributed by atoms with Gasteiger partial charge < -0.3 is 5.32 Å². The van der Waals surface area contributed by atoms with Crippen LogP contribution in [0.5, 0.6) is 0 Å². The first-order valence-electron chi connectivity index (χ1n) is 7.23. The van der Waals surface area contributed by atoms with Gasteiger partial charge in [-0.3, -0.25) is 14.9 Å². The summed E-state index contributed by atoms with van der Waals surface area (Å²) in [6, 6.07) is 0.798. The Morgan fingerprint density at radius 1 is 1.28 bits per heavy atom. The fourth-order valence-electron chi connectivity index (χ4n) is 2.92. The molecular formula is C15H13F4N3O3. The van der Waals surface area contributed by atoms with Gasteiger partial charge >= 0.3 is 5.69 Å². The lowest BCUT2D eigenvalue weighted by atomic mass is 9.89. The van der Waals surface area contributed by atoms with Gasteiger partial charge in [0.25, 0.3) is 0 Å². The fourth-order valence-corrected chi connectivity index (χ4v) is 2.92. The molecule has 2 unspecified atom stereocenters. The number of hydrogen-bond acceptors (Lipinski definition) is 5. The second-order valence-electron chi connectivity index (χ2n) is 6.38. The molecule has 2 rings (SSSR count). The number of nitro benzene ring substituents is 1. The van der Waals surface area contributed by atoms with Gasteiger partial charge in [0, 0.05) is 11.6 Å². The zero-order valence-electron chi connectivity index (χ0n) is 13.2. The second kappa shape index (κ2) is 6.40. The molecule has 0 spiro atoms. The summed E-state index contributed by atoms with van der Waals surface area (Å²) in [6.45, 7) is 3.57. The maximum absolute atomic E-state index is 14.0. The SMILES string of the molecule is CC1(C)CCC(C(C#N)C(=O)c2c(F)c(F)c(F)c(F)c2[N+](=O)[O-])N1. The predicted molar refractivity (Wildman–Crippen MR) is 76.6 cm³/mol. The third-order valence-corrected chi connectivity index (χ3v) is 4.15. The van der Waals surface area contributed by atoms with Crippen molar-refractivity contribution in [3.8, 4) is 6.07 Å². The average molecular weight is 359 g/mol. The first-order chi connectivity index (χ1) is 11.5. The van der Waals surface area contributed by atoms with Crippen LogP contribution >= 0.6 is 0 Å². The van der Waals surface area contributed by atoms with Crippen molar-refractivity contribution in [3.63, 3.8) is 0 Å². The molecule has 1 aromatic carbocycles. The molecule has 0 amide bonds. The van der Waals surface area contributed by atoms with Gasteiger partial charge in [-0.25, -0.2) is 13.2 Å². The number of halogens is 4. The van der Waals surface area contributed by atoms with E-state index in [-0.39, 0.29) is 0 Å². The Balaban J connectivity index is 2.59. The summed E-state index contributed by atoms with van der Waals surface area (Å²) < 4.78 is 54.4. The molecule has 0 radical (unpaired) electrons. The van der Waals surface area contributed by atoms with Crippen molar-refractivity contribution in [2.45, 2.75) is 38.3 Å². The molecule has 1 aliphatic rings. The van der Waals surface area contributed by atoms with Gasteiger partial charge in [-0.1, -0.05) is 0 Å². The molecule has 1 saturated heterocycles. The van der Waals surface area contributed by atoms with Crippen molar-refractivity contribution >= 4 is 11.5 Å². The number of carbonyl (C=O) groups is 1. The van der Waals surface area contributed by atoms with Gasteiger partial charge in [0.2, 0.25) is 11.6 Å². The molecule has 1 aliphatic heterocycles. The van der Waals surface area contributed by atoms with Gasteiger partial charge in [0.15, 0.2) is 17.4 Å². The van der Waals surface area contributed by atoms with E-state index < -0.39 is 62.7 Å². The smallest absolute Gasteiger partial charge is 0.307 e. The van der Waals surface area contributed by atoms with E-state index in [4.69, 9.17) is 0 Å². The van der Waals surface area contributed by atoms with Crippen LogP contribution in [0, 0.1) is 50.6 Å². The minimum Gasteiger partial charge on any atom is -0.307 e. The molecule has 25 heavy (non-hydrogen) atoms. The lowest BCUT2D eigenvalue weighted by molar-refractivity contribution is -0.388. The van der Waals surface area contributed by atoms with Gasteiger partial charge in [0.05, 0.1) is 11.0 Å². The average Bonchev–Trinajstić information content (AvgIpc) is 2.88. The van der Waals surface area contributed by atoms with Crippen molar-refractivity contribution in [3.05, 3.63) is 38.9 Å². The van der Waals surface area contributed by atoms with Crippen LogP contribution in [0.25, 0.3) is 0 Å². The number of carbonyl (C=O) groups excluding carboxylic acids is 1. The third-order valence-electron chi connectivity index (χ3n) is 4.15. The number of rotatable bonds is 4. The van der Waals surface area contributed by atoms with Gasteiger partial charge in [-0.2, -0.15) is 9.65 Å². The maximum atomic E-state index is 14.0. The predicted octanol–water partition coefficient (Wildman–Crippen LogP) is 3.00. The molecule has 1 heterocycles. The van der Waals surface area contributed by atoms with Crippen LogP contribution in [0.3, 0.4) is 0 Å². The van der Waals surface area contributed by atoms with E-state index in [2.05, 4.69) is 5.32 Å². The molecular weight excluding hydrogens is 346 g/mol. The summed E-state index contributed by atoms with van der Waals surface area (Å²) in [6.07, 6.45) is 0.873. The molecule has 0 bridgehead atoms. The summed E-state index contributed by atoms with van der Waals surface area (Å²) in [4.78, 5) is 21.9. The Morgan fingerprint density at radius 2 is 1.84 bits per heavy atom. The first kappa shape index (κ1) is 18.8. The third kappa shape index (κ3) is 3.19. The molecule has 6 nitrogen and oxygen atoms in total. The molecule has 0 aliphatic carbocycles. The summed E-state index contributed by atoms with van der Waals surface area (Å²) in [5.74, 6) is -12.3. The minimum atomic E-state index is -2.39. The molecule has 1 aromatic rings. The van der Waals surface area contributed by atoms with Crippen LogP contribution in [-0.4, -0.2) is 22.3 Å². The highest BCUT2D eigenvalue weighted by molar-refractivity contribution is 6.03. The lowest BCUT2D eigenvalue weighted by Gasteiger charge is -2.22. The quantitative estimate of drug-likeness (QED) is 0.223. The minimum absolute atomic E-state index is 0.318. The molecule has 1 N–H and O–H groups in total. The first-order valence-corrected chi connectivity index (χ1v) is 7.23. The highest BCUT2D eigenvalue weighted by Crippen LogP contribution is 2.34. The highest BCUT2D eigenvalue weighted by atomic mass is 19.2. The standard InChI is InChI=1S/C15H13F4N3O3/c1-15(2)4-3-7(21-15)6(5-20)14(23)8-9(16)10(17)11(18)12(19)13(8)22(24)25/h6-7,21H,3-4H2,1-2H3. The van der Waals surface area contributed by atoms with Crippen LogP contribution in [0.4, 0.5) is 23.2 Å². The molecule has 134 valence electrons. The summed E-state index contributed by atoms with van der Waals surface area (Å²) >= 11 is 0. The van der Waals surface area contributed by atoms with Gasteiger partial charge in [-0.15, -0.1) is 0 Å². The summed E-state index contributed by atoms with van der Waals surface area (Å²) in [5.41, 5.74) is -3.83. The highest BCUT2D eigenvalue weighted by Gasteiger charge is 2.43. The van der Waals surface area contributed by atoms with Crippen molar-refractivity contribution in [2.75, 3.05) is 0 Å². The molecule has 2 atom stereocenters. The molecule has 0 saturated carbocycles. The lowest BCUT2D eigenvalue weighted by Crippen LogP contribution is -2.43. The molecule has 1 fully saturated rings. The van der Waals surface area contributed by atoms with E-state index in [0.29, 0.717) is 12.8 Å². The summed E-state index contributed by atoms with van der Waals surface area (Å²) in [7, 11) is 0. The summed E-state index contributed by atoms with van der Waals surface area (Å²) in [5, 5.41) is 23.1. The Hall–Kier alpha value is -2.54. The van der Waals surface area contributed by atoms with Gasteiger partial charge in [0.1, 0.15) is 11.5 Å². The number of benzene rings is 1. The number of nitro groups is 1. The zero-order valence-corrected chi connectivity index (χ0v) is 13.2. The number of hydrogen-bond donors (Lipinski definition) is 1. The van der Waals surface area contributed by atoms with Crippen LogP contribution in [0.1, 0.15) is 37.0 Å². The normalized spacial score (nSPS) is 20.1. The number of Topliss-reactive ketones (excluding diaryl/α,β-unsaturated/α-hetero) is 1. The van der Waals surface area contributed by atoms with Crippen molar-refractivity contribution in [2.24, 2.45) is 5.92 Å². The van der Waals surface area contributed by atoms with E-state index in [1.54, 1.807) is 19.9 Å². The Bertz CT molecular complexity index is 804. The van der Waals surface area contributed by atoms with Crippen LogP contribution < -0.4 is 5.32 Å². The van der Waals surface area contributed by atoms with Crippen molar-refractivity contribution < 1.29 is 27.3 Å². The van der Waals surface area contributed by atoms with Crippen molar-refractivity contribution in [1.29, 1.82) is 5.26 Å². The fraction of sp³-hybridized carbons (Fsp3) is 0.467. The zero-order chi connectivity index (χ0) is 19.1. The maximum Gasteiger partial charge on any atom is 0.321 e. The van der Waals surface area contributed by atoms with Crippen LogP contribution in [0.2, 0.25) is 0 Å². The Labute approximate surface area is 139 Å². The van der Waals surface area contributed by atoms with Crippen LogP contribution in [-0.2, 0) is 0 Å². The number of nitrogens with one attached hydrogen (secondary N) is 1.